The van der Waals surface area contributed by atoms with Crippen LogP contribution < -0.4 is 10.4 Å². The summed E-state index contributed by atoms with van der Waals surface area (Å²) in [5, 5.41) is 11.2. The fraction of sp³-hybridized carbons (Fsp3) is 0.105. The zero-order valence-corrected chi connectivity index (χ0v) is 14.3. The molecule has 0 fully saturated rings. The van der Waals surface area contributed by atoms with Crippen LogP contribution in [0.15, 0.2) is 51.7 Å². The summed E-state index contributed by atoms with van der Waals surface area (Å²) < 4.78 is 10.5. The molecule has 136 valence electrons. The van der Waals surface area contributed by atoms with E-state index >= 15 is 0 Å². The quantitative estimate of drug-likeness (QED) is 0.173. The van der Waals surface area contributed by atoms with Crippen LogP contribution in [0.4, 0.5) is 5.69 Å². The van der Waals surface area contributed by atoms with Crippen molar-refractivity contribution in [2.75, 3.05) is 0 Å². The molecule has 2 aromatic carbocycles. The number of hydrogen-bond acceptors (Lipinski definition) is 7. The zero-order chi connectivity index (χ0) is 19.7. The highest BCUT2D eigenvalue weighted by atomic mass is 16.6. The number of ketones is 1. The van der Waals surface area contributed by atoms with Gasteiger partial charge in [0.15, 0.2) is 11.4 Å². The molecule has 0 spiro atoms. The summed E-state index contributed by atoms with van der Waals surface area (Å²) in [6, 6.07) is 9.16. The Balaban J connectivity index is 2.05. The van der Waals surface area contributed by atoms with Gasteiger partial charge in [-0.2, -0.15) is 0 Å². The van der Waals surface area contributed by atoms with Crippen LogP contribution in [0.25, 0.3) is 11.0 Å². The number of fused-ring (bicyclic) bond motifs is 1. The van der Waals surface area contributed by atoms with E-state index in [4.69, 9.17) is 9.15 Å². The Labute approximate surface area is 152 Å². The Morgan fingerprint density at radius 2 is 1.78 bits per heavy atom. The molecule has 0 bridgehead atoms. The van der Waals surface area contributed by atoms with Crippen LogP contribution in [0.2, 0.25) is 0 Å². The minimum atomic E-state index is -0.804. The highest BCUT2D eigenvalue weighted by Crippen LogP contribution is 2.30. The number of benzene rings is 2. The highest BCUT2D eigenvalue weighted by Gasteiger charge is 2.20. The number of nitro groups is 1. The van der Waals surface area contributed by atoms with Crippen LogP contribution in [-0.2, 0) is 0 Å². The topological polar surface area (TPSA) is 117 Å². The average molecular weight is 367 g/mol. The second-order valence-electron chi connectivity index (χ2n) is 5.81. The Kier molecular flexibility index (Phi) is 4.55. The van der Waals surface area contributed by atoms with Crippen molar-refractivity contribution in [1.82, 2.24) is 0 Å². The van der Waals surface area contributed by atoms with E-state index in [2.05, 4.69) is 0 Å². The molecule has 27 heavy (non-hydrogen) atoms. The molecule has 8 heteroatoms. The van der Waals surface area contributed by atoms with E-state index in [-0.39, 0.29) is 28.1 Å². The van der Waals surface area contributed by atoms with E-state index in [1.807, 2.05) is 0 Å². The van der Waals surface area contributed by atoms with Crippen LogP contribution in [0.5, 0.6) is 5.75 Å². The van der Waals surface area contributed by atoms with Gasteiger partial charge in [0, 0.05) is 23.6 Å². The second-order valence-corrected chi connectivity index (χ2v) is 5.81. The number of hydrogen-bond donors (Lipinski definition) is 0. The summed E-state index contributed by atoms with van der Waals surface area (Å²) in [6.07, 6.45) is 0. The number of ether oxygens (including phenoxy) is 1. The first-order valence-electron chi connectivity index (χ1n) is 7.83. The number of aryl methyl sites for hydroxylation is 1. The van der Waals surface area contributed by atoms with Crippen molar-refractivity contribution in [2.45, 2.75) is 13.8 Å². The molecule has 0 saturated heterocycles. The molecule has 1 heterocycles. The van der Waals surface area contributed by atoms with E-state index in [9.17, 15) is 24.5 Å². The predicted octanol–water partition coefficient (Wildman–Crippen LogP) is 3.43. The first kappa shape index (κ1) is 18.0. The summed E-state index contributed by atoms with van der Waals surface area (Å²) in [6.45, 7) is 2.96. The van der Waals surface area contributed by atoms with Crippen molar-refractivity contribution < 1.29 is 23.7 Å². The van der Waals surface area contributed by atoms with Gasteiger partial charge in [-0.3, -0.25) is 14.9 Å². The standard InChI is InChI=1S/C19H13NO7/c1-10-9-16(22)27-18-14(10)7-8-15(17(18)11(2)21)26-19(23)12-3-5-13(6-4-12)20(24)25/h3-9H,1-2H3. The molecule has 0 aliphatic heterocycles. The van der Waals surface area contributed by atoms with Crippen molar-refractivity contribution in [3.05, 3.63) is 79.7 Å². The molecular formula is C19H13NO7. The Bertz CT molecular complexity index is 1140. The molecule has 0 N–H and O–H groups in total. The number of esters is 1. The third kappa shape index (κ3) is 3.45. The average Bonchev–Trinajstić information content (AvgIpc) is 2.60. The molecule has 3 rings (SSSR count). The molecule has 8 nitrogen and oxygen atoms in total. The summed E-state index contributed by atoms with van der Waals surface area (Å²) >= 11 is 0. The van der Waals surface area contributed by atoms with Crippen molar-refractivity contribution >= 4 is 28.4 Å². The molecular weight excluding hydrogens is 354 g/mol. The lowest BCUT2D eigenvalue weighted by molar-refractivity contribution is -0.384. The maximum absolute atomic E-state index is 12.3. The predicted molar refractivity (Wildman–Crippen MR) is 95.3 cm³/mol. The molecule has 0 radical (unpaired) electrons. The summed E-state index contributed by atoms with van der Waals surface area (Å²) in [7, 11) is 0. The fourth-order valence-electron chi connectivity index (χ4n) is 2.66. The molecule has 0 amide bonds. The number of carbonyl (C=O) groups excluding carboxylic acids is 2. The van der Waals surface area contributed by atoms with Gasteiger partial charge in [0.25, 0.3) is 5.69 Å². The van der Waals surface area contributed by atoms with Crippen LogP contribution in [-0.4, -0.2) is 16.7 Å². The number of nitro benzene ring substituents is 1. The first-order valence-corrected chi connectivity index (χ1v) is 7.83. The van der Waals surface area contributed by atoms with Crippen molar-refractivity contribution in [2.24, 2.45) is 0 Å². The van der Waals surface area contributed by atoms with Gasteiger partial charge in [0.1, 0.15) is 11.3 Å². The Morgan fingerprint density at radius 1 is 1.11 bits per heavy atom. The van der Waals surface area contributed by atoms with Crippen molar-refractivity contribution in [3.8, 4) is 5.75 Å². The lowest BCUT2D eigenvalue weighted by Crippen LogP contribution is -2.12. The van der Waals surface area contributed by atoms with Gasteiger partial charge in [-0.25, -0.2) is 9.59 Å². The van der Waals surface area contributed by atoms with Gasteiger partial charge < -0.3 is 9.15 Å². The van der Waals surface area contributed by atoms with Gasteiger partial charge in [-0.1, -0.05) is 0 Å². The highest BCUT2D eigenvalue weighted by molar-refractivity contribution is 6.08. The van der Waals surface area contributed by atoms with Gasteiger partial charge in [0.2, 0.25) is 0 Å². The second kappa shape index (κ2) is 6.83. The lowest BCUT2D eigenvalue weighted by atomic mass is 10.0. The van der Waals surface area contributed by atoms with E-state index in [1.165, 1.54) is 43.3 Å². The van der Waals surface area contributed by atoms with Gasteiger partial charge in [0.05, 0.1) is 10.5 Å². The summed E-state index contributed by atoms with van der Waals surface area (Å²) in [4.78, 5) is 46.2. The van der Waals surface area contributed by atoms with Gasteiger partial charge >= 0.3 is 11.6 Å². The van der Waals surface area contributed by atoms with Gasteiger partial charge in [-0.05, 0) is 43.7 Å². The lowest BCUT2D eigenvalue weighted by Gasteiger charge is -2.11. The van der Waals surface area contributed by atoms with Gasteiger partial charge in [-0.15, -0.1) is 0 Å². The molecule has 0 saturated carbocycles. The first-order chi connectivity index (χ1) is 12.8. The van der Waals surface area contributed by atoms with Crippen LogP contribution in [0.3, 0.4) is 0 Å². The maximum atomic E-state index is 12.3. The largest absolute Gasteiger partial charge is 0.422 e. The smallest absolute Gasteiger partial charge is 0.343 e. The monoisotopic (exact) mass is 367 g/mol. The van der Waals surface area contributed by atoms with Crippen molar-refractivity contribution in [1.29, 1.82) is 0 Å². The fourth-order valence-corrected chi connectivity index (χ4v) is 2.66. The Hall–Kier alpha value is -3.81. The maximum Gasteiger partial charge on any atom is 0.343 e. The molecule has 0 aliphatic rings. The molecule has 0 atom stereocenters. The third-order valence-corrected chi connectivity index (χ3v) is 3.95. The number of Topliss-reactive ketones (excluding diaryl/α,β-unsaturated/α-hetero) is 1. The normalized spacial score (nSPS) is 10.6. The number of nitrogens with zero attached hydrogens (tertiary/aromatic N) is 1. The third-order valence-electron chi connectivity index (χ3n) is 3.95. The molecule has 1 aromatic heterocycles. The van der Waals surface area contributed by atoms with E-state index in [0.717, 1.165) is 0 Å². The van der Waals surface area contributed by atoms with Crippen LogP contribution in [0.1, 0.15) is 33.2 Å². The Morgan fingerprint density at radius 3 is 2.37 bits per heavy atom. The number of rotatable bonds is 4. The van der Waals surface area contributed by atoms with E-state index < -0.39 is 22.3 Å². The molecule has 3 aromatic rings. The number of non-ortho nitro benzene ring substituents is 1. The van der Waals surface area contributed by atoms with E-state index in [0.29, 0.717) is 10.9 Å². The van der Waals surface area contributed by atoms with Crippen LogP contribution in [0, 0.1) is 17.0 Å². The number of carbonyl (C=O) groups is 2. The van der Waals surface area contributed by atoms with Crippen LogP contribution >= 0.6 is 0 Å². The minimum Gasteiger partial charge on any atom is -0.422 e. The van der Waals surface area contributed by atoms with Crippen molar-refractivity contribution in [3.63, 3.8) is 0 Å². The summed E-state index contributed by atoms with van der Waals surface area (Å²) in [5.41, 5.74) is -0.0803. The molecule has 0 aliphatic carbocycles. The zero-order valence-electron chi connectivity index (χ0n) is 14.3. The summed E-state index contributed by atoms with van der Waals surface area (Å²) in [5.74, 6) is -1.31. The SMILES string of the molecule is CC(=O)c1c(OC(=O)c2ccc([N+](=O)[O-])cc2)ccc2c(C)cc(=O)oc12. The van der Waals surface area contributed by atoms with E-state index in [1.54, 1.807) is 13.0 Å². The minimum absolute atomic E-state index is 0.0245. The molecule has 0 unspecified atom stereocenters.